The molecule has 0 amide bonds. The molecular weight excluding hydrogens is 339 g/mol. The Labute approximate surface area is 148 Å². The van der Waals surface area contributed by atoms with Crippen molar-refractivity contribution in [3.05, 3.63) is 63.5 Å². The number of benzene rings is 2. The number of anilines is 1. The van der Waals surface area contributed by atoms with Crippen LogP contribution in [0.1, 0.15) is 17.0 Å². The zero-order chi connectivity index (χ0) is 19.0. The summed E-state index contributed by atoms with van der Waals surface area (Å²) in [6.45, 7) is 0. The number of nitrogens with zero attached hydrogens (tertiary/aromatic N) is 3. The van der Waals surface area contributed by atoms with E-state index in [0.717, 1.165) is 23.9 Å². The van der Waals surface area contributed by atoms with Crippen LogP contribution in [-0.2, 0) is 0 Å². The topological polar surface area (TPSA) is 103 Å². The summed E-state index contributed by atoms with van der Waals surface area (Å²) in [6.07, 6.45) is 0. The molecular formula is C18H15FN4O3. The van der Waals surface area contributed by atoms with Gasteiger partial charge in [-0.25, -0.2) is 4.39 Å². The summed E-state index contributed by atoms with van der Waals surface area (Å²) in [5.41, 5.74) is 1.06. The molecule has 2 unspecified atom stereocenters. The lowest BCUT2D eigenvalue weighted by Gasteiger charge is -2.30. The highest BCUT2D eigenvalue weighted by Gasteiger charge is 2.40. The smallest absolute Gasteiger partial charge is 0.273 e. The fourth-order valence-corrected chi connectivity index (χ4v) is 3.08. The van der Waals surface area contributed by atoms with Gasteiger partial charge in [0.1, 0.15) is 17.5 Å². The van der Waals surface area contributed by atoms with Crippen LogP contribution in [0.4, 0.5) is 15.8 Å². The number of fused-ring (bicyclic) bond motifs is 1. The predicted molar refractivity (Wildman–Crippen MR) is 93.1 cm³/mol. The maximum atomic E-state index is 13.8. The summed E-state index contributed by atoms with van der Waals surface area (Å²) >= 11 is 0. The maximum absolute atomic E-state index is 13.8. The molecule has 0 saturated heterocycles. The lowest BCUT2D eigenvalue weighted by molar-refractivity contribution is -0.385. The van der Waals surface area contributed by atoms with Crippen LogP contribution in [-0.4, -0.2) is 24.9 Å². The van der Waals surface area contributed by atoms with E-state index in [-0.39, 0.29) is 17.1 Å². The van der Waals surface area contributed by atoms with Gasteiger partial charge in [-0.15, -0.1) is 0 Å². The van der Waals surface area contributed by atoms with E-state index in [1.54, 1.807) is 18.2 Å². The quantitative estimate of drug-likeness (QED) is 0.672. The Balaban J connectivity index is 2.26. The first kappa shape index (κ1) is 17.4. The zero-order valence-corrected chi connectivity index (χ0v) is 14.1. The molecule has 2 atom stereocenters. The molecule has 0 aliphatic carbocycles. The summed E-state index contributed by atoms with van der Waals surface area (Å²) in [6, 6.07) is 10.3. The average molecular weight is 354 g/mol. The SMILES string of the molecule is CN(C)c1ccc2c(c1)OC(=N)C(C#N)C2c1cc(F)ccc1[N+](=O)[O-]. The van der Waals surface area contributed by atoms with Crippen molar-refractivity contribution in [2.45, 2.75) is 5.92 Å². The Kier molecular flexibility index (Phi) is 4.30. The Bertz CT molecular complexity index is 952. The van der Waals surface area contributed by atoms with Gasteiger partial charge in [0.05, 0.1) is 11.0 Å². The van der Waals surface area contributed by atoms with Gasteiger partial charge in [-0.2, -0.15) is 5.26 Å². The third kappa shape index (κ3) is 2.84. The molecule has 0 aromatic heterocycles. The Morgan fingerprint density at radius 3 is 2.62 bits per heavy atom. The van der Waals surface area contributed by atoms with Crippen LogP contribution in [0.5, 0.6) is 5.75 Å². The van der Waals surface area contributed by atoms with Gasteiger partial charge in [-0.1, -0.05) is 6.07 Å². The van der Waals surface area contributed by atoms with Gasteiger partial charge < -0.3 is 9.64 Å². The van der Waals surface area contributed by atoms with E-state index in [1.807, 2.05) is 25.1 Å². The first-order chi connectivity index (χ1) is 12.3. The van der Waals surface area contributed by atoms with E-state index in [4.69, 9.17) is 10.1 Å². The molecule has 0 saturated carbocycles. The number of nitro groups is 1. The van der Waals surface area contributed by atoms with Gasteiger partial charge in [-0.05, 0) is 18.2 Å². The minimum Gasteiger partial charge on any atom is -0.442 e. The van der Waals surface area contributed by atoms with Gasteiger partial charge in [0.2, 0.25) is 5.90 Å². The van der Waals surface area contributed by atoms with Gasteiger partial charge in [0, 0.05) is 49.0 Å². The van der Waals surface area contributed by atoms with Crippen LogP contribution in [0.2, 0.25) is 0 Å². The minimum atomic E-state index is -1.09. The second-order valence-corrected chi connectivity index (χ2v) is 6.13. The van der Waals surface area contributed by atoms with Crippen LogP contribution in [0, 0.1) is 38.6 Å². The third-order valence-corrected chi connectivity index (χ3v) is 4.34. The maximum Gasteiger partial charge on any atom is 0.273 e. The molecule has 0 radical (unpaired) electrons. The van der Waals surface area contributed by atoms with E-state index in [0.29, 0.717) is 11.3 Å². The minimum absolute atomic E-state index is 0.0495. The number of halogens is 1. The largest absolute Gasteiger partial charge is 0.442 e. The number of ether oxygens (including phenoxy) is 1. The molecule has 3 rings (SSSR count). The van der Waals surface area contributed by atoms with E-state index in [1.165, 1.54) is 0 Å². The number of hydrogen-bond acceptors (Lipinski definition) is 6. The van der Waals surface area contributed by atoms with Crippen LogP contribution >= 0.6 is 0 Å². The number of nitriles is 1. The highest BCUT2D eigenvalue weighted by Crippen LogP contribution is 2.45. The first-order valence-corrected chi connectivity index (χ1v) is 7.74. The number of nitrogens with one attached hydrogen (secondary N) is 1. The Hall–Kier alpha value is -3.47. The molecule has 1 aliphatic rings. The summed E-state index contributed by atoms with van der Waals surface area (Å²) in [5.74, 6) is -2.60. The van der Waals surface area contributed by atoms with Gasteiger partial charge in [0.25, 0.3) is 5.69 Å². The second-order valence-electron chi connectivity index (χ2n) is 6.13. The van der Waals surface area contributed by atoms with Crippen molar-refractivity contribution in [3.8, 4) is 11.8 Å². The molecule has 1 N–H and O–H groups in total. The molecule has 1 aliphatic heterocycles. The fourth-order valence-electron chi connectivity index (χ4n) is 3.08. The first-order valence-electron chi connectivity index (χ1n) is 7.74. The van der Waals surface area contributed by atoms with Gasteiger partial charge >= 0.3 is 0 Å². The van der Waals surface area contributed by atoms with Crippen molar-refractivity contribution in [3.63, 3.8) is 0 Å². The average Bonchev–Trinajstić information content (AvgIpc) is 2.59. The molecule has 2 aromatic carbocycles. The van der Waals surface area contributed by atoms with Crippen molar-refractivity contribution < 1.29 is 14.1 Å². The van der Waals surface area contributed by atoms with E-state index in [2.05, 4.69) is 0 Å². The van der Waals surface area contributed by atoms with Crippen molar-refractivity contribution in [1.29, 1.82) is 10.7 Å². The molecule has 26 heavy (non-hydrogen) atoms. The standard InChI is InChI=1S/C18H15FN4O3/c1-22(2)11-4-5-12-16(8-11)26-18(21)14(9-20)17(12)13-7-10(19)3-6-15(13)23(24)25/h3-8,14,17,21H,1-2H3. The lowest BCUT2D eigenvalue weighted by atomic mass is 9.78. The molecule has 1 heterocycles. The van der Waals surface area contributed by atoms with Crippen molar-refractivity contribution >= 4 is 17.3 Å². The summed E-state index contributed by atoms with van der Waals surface area (Å²) in [5, 5.41) is 29.0. The summed E-state index contributed by atoms with van der Waals surface area (Å²) in [7, 11) is 3.67. The summed E-state index contributed by atoms with van der Waals surface area (Å²) < 4.78 is 19.3. The molecule has 132 valence electrons. The molecule has 7 nitrogen and oxygen atoms in total. The number of rotatable bonds is 3. The predicted octanol–water partition coefficient (Wildman–Crippen LogP) is 3.44. The van der Waals surface area contributed by atoms with E-state index >= 15 is 0 Å². The molecule has 2 aromatic rings. The Morgan fingerprint density at radius 2 is 2.00 bits per heavy atom. The second kappa shape index (κ2) is 6.44. The fraction of sp³-hybridized carbons (Fsp3) is 0.222. The van der Waals surface area contributed by atoms with Crippen molar-refractivity contribution in [2.24, 2.45) is 5.92 Å². The summed E-state index contributed by atoms with van der Waals surface area (Å²) in [4.78, 5) is 12.6. The highest BCUT2D eigenvalue weighted by atomic mass is 19.1. The number of hydrogen-bond donors (Lipinski definition) is 1. The van der Waals surface area contributed by atoms with Crippen LogP contribution in [0.3, 0.4) is 0 Å². The van der Waals surface area contributed by atoms with E-state index in [9.17, 15) is 19.8 Å². The monoisotopic (exact) mass is 354 g/mol. The zero-order valence-electron chi connectivity index (χ0n) is 14.1. The lowest BCUT2D eigenvalue weighted by Crippen LogP contribution is -2.31. The van der Waals surface area contributed by atoms with Crippen LogP contribution in [0.25, 0.3) is 0 Å². The highest BCUT2D eigenvalue weighted by molar-refractivity contribution is 5.86. The van der Waals surface area contributed by atoms with Crippen LogP contribution in [0.15, 0.2) is 36.4 Å². The van der Waals surface area contributed by atoms with Crippen LogP contribution < -0.4 is 9.64 Å². The van der Waals surface area contributed by atoms with Crippen molar-refractivity contribution in [2.75, 3.05) is 19.0 Å². The number of nitro benzene ring substituents is 1. The van der Waals surface area contributed by atoms with Crippen molar-refractivity contribution in [1.82, 2.24) is 0 Å². The molecule has 0 bridgehead atoms. The molecule has 0 fully saturated rings. The Morgan fingerprint density at radius 1 is 1.27 bits per heavy atom. The van der Waals surface area contributed by atoms with Gasteiger partial charge in [-0.3, -0.25) is 15.5 Å². The van der Waals surface area contributed by atoms with E-state index < -0.39 is 22.6 Å². The normalized spacial score (nSPS) is 18.5. The van der Waals surface area contributed by atoms with Gasteiger partial charge in [0.15, 0.2) is 0 Å². The third-order valence-electron chi connectivity index (χ3n) is 4.34. The molecule has 8 heteroatoms. The molecule has 0 spiro atoms.